The Kier molecular flexibility index (Phi) is 4.31. The molecule has 1 aliphatic rings. The molecule has 132 valence electrons. The van der Waals surface area contributed by atoms with Crippen molar-refractivity contribution in [2.75, 3.05) is 13.7 Å². The first-order valence-electron chi connectivity index (χ1n) is 7.88. The van der Waals surface area contributed by atoms with Crippen molar-refractivity contribution in [2.24, 2.45) is 0 Å². The molecule has 0 radical (unpaired) electrons. The van der Waals surface area contributed by atoms with Gasteiger partial charge in [-0.05, 0) is 40.2 Å². The van der Waals surface area contributed by atoms with Crippen LogP contribution in [-0.4, -0.2) is 42.4 Å². The second-order valence-electron chi connectivity index (χ2n) is 6.29. The Balaban J connectivity index is 2.04. The van der Waals surface area contributed by atoms with E-state index in [2.05, 4.69) is 9.97 Å². The van der Waals surface area contributed by atoms with E-state index in [4.69, 9.17) is 9.15 Å². The maximum Gasteiger partial charge on any atom is 0.247 e. The predicted octanol–water partition coefficient (Wildman–Crippen LogP) is 2.39. The summed E-state index contributed by atoms with van der Waals surface area (Å²) in [5.74, 6) is 1.64. The Morgan fingerprint density at radius 1 is 1.33 bits per heavy atom. The summed E-state index contributed by atoms with van der Waals surface area (Å²) in [7, 11) is -2.09. The average Bonchev–Trinajstić information content (AvgIpc) is 3.17. The van der Waals surface area contributed by atoms with Crippen LogP contribution in [0.25, 0.3) is 0 Å². The molecular weight excluding hydrogens is 330 g/mol. The molecule has 2 atom stereocenters. The van der Waals surface area contributed by atoms with Gasteiger partial charge in [-0.3, -0.25) is 0 Å². The van der Waals surface area contributed by atoms with E-state index in [9.17, 15) is 8.42 Å². The molecule has 3 rings (SSSR count). The standard InChI is InChI=1S/C16H23N3O4S/c1-9-6-15(12(4)23-9)24(20,21)19-8-13(22-5)7-14(19)16-17-10(2)11(3)18-16/h6,13-14H,7-8H2,1-5H3,(H,17,18)/t13-,14+/m1/s1. The molecule has 0 aromatic carbocycles. The van der Waals surface area contributed by atoms with Crippen LogP contribution in [0, 0.1) is 27.7 Å². The van der Waals surface area contributed by atoms with Crippen LogP contribution in [0.15, 0.2) is 15.4 Å². The summed E-state index contributed by atoms with van der Waals surface area (Å²) in [5.41, 5.74) is 1.82. The zero-order chi connectivity index (χ0) is 17.6. The molecule has 2 aromatic heterocycles. The minimum absolute atomic E-state index is 0.163. The van der Waals surface area contributed by atoms with Gasteiger partial charge in [-0.15, -0.1) is 0 Å². The molecule has 2 aromatic rings. The number of hydrogen-bond acceptors (Lipinski definition) is 5. The molecule has 1 aliphatic heterocycles. The summed E-state index contributed by atoms with van der Waals surface area (Å²) in [5, 5.41) is 0. The monoisotopic (exact) mass is 353 g/mol. The van der Waals surface area contributed by atoms with Gasteiger partial charge in [0.2, 0.25) is 10.0 Å². The van der Waals surface area contributed by atoms with Crippen LogP contribution in [0.4, 0.5) is 0 Å². The lowest BCUT2D eigenvalue weighted by atomic mass is 10.2. The highest BCUT2D eigenvalue weighted by Crippen LogP contribution is 2.38. The van der Waals surface area contributed by atoms with Gasteiger partial charge in [-0.2, -0.15) is 4.31 Å². The lowest BCUT2D eigenvalue weighted by Gasteiger charge is -2.22. The van der Waals surface area contributed by atoms with E-state index in [1.165, 1.54) is 4.31 Å². The number of rotatable bonds is 4. The second kappa shape index (κ2) is 6.02. The van der Waals surface area contributed by atoms with E-state index in [1.807, 2.05) is 13.8 Å². The van der Waals surface area contributed by atoms with E-state index >= 15 is 0 Å². The van der Waals surface area contributed by atoms with Crippen LogP contribution in [0.1, 0.15) is 41.2 Å². The maximum absolute atomic E-state index is 13.2. The van der Waals surface area contributed by atoms with Crippen molar-refractivity contribution in [2.45, 2.75) is 51.2 Å². The van der Waals surface area contributed by atoms with Crippen molar-refractivity contribution in [3.8, 4) is 0 Å². The third kappa shape index (κ3) is 2.78. The van der Waals surface area contributed by atoms with Crippen molar-refractivity contribution in [3.05, 3.63) is 34.8 Å². The molecule has 0 amide bonds. The number of aromatic amines is 1. The smallest absolute Gasteiger partial charge is 0.247 e. The molecule has 7 nitrogen and oxygen atoms in total. The largest absolute Gasteiger partial charge is 0.465 e. The number of aromatic nitrogens is 2. The minimum atomic E-state index is -3.69. The zero-order valence-electron chi connectivity index (χ0n) is 14.6. The maximum atomic E-state index is 13.2. The van der Waals surface area contributed by atoms with E-state index in [1.54, 1.807) is 27.0 Å². The highest BCUT2D eigenvalue weighted by Gasteiger charge is 2.43. The van der Waals surface area contributed by atoms with Crippen LogP contribution in [0.2, 0.25) is 0 Å². The number of ether oxygens (including phenoxy) is 1. The van der Waals surface area contributed by atoms with Crippen LogP contribution >= 0.6 is 0 Å². The van der Waals surface area contributed by atoms with Crippen molar-refractivity contribution < 1.29 is 17.6 Å². The summed E-state index contributed by atoms with van der Waals surface area (Å²) in [6, 6.07) is 1.20. The predicted molar refractivity (Wildman–Crippen MR) is 88.3 cm³/mol. The van der Waals surface area contributed by atoms with Gasteiger partial charge in [0, 0.05) is 19.3 Å². The Morgan fingerprint density at radius 2 is 2.04 bits per heavy atom. The van der Waals surface area contributed by atoms with E-state index < -0.39 is 10.0 Å². The molecule has 0 bridgehead atoms. The molecule has 0 aliphatic carbocycles. The van der Waals surface area contributed by atoms with Crippen LogP contribution in [0.5, 0.6) is 0 Å². The first-order chi connectivity index (χ1) is 11.2. The quantitative estimate of drug-likeness (QED) is 0.912. The summed E-state index contributed by atoms with van der Waals surface area (Å²) in [4.78, 5) is 7.92. The number of aryl methyl sites for hydroxylation is 4. The van der Waals surface area contributed by atoms with Crippen LogP contribution in [0.3, 0.4) is 0 Å². The number of imidazole rings is 1. The molecule has 1 fully saturated rings. The Labute approximate surface area is 142 Å². The average molecular weight is 353 g/mol. The van der Waals surface area contributed by atoms with Crippen LogP contribution < -0.4 is 0 Å². The first-order valence-corrected chi connectivity index (χ1v) is 9.32. The molecule has 0 spiro atoms. The number of hydrogen-bond donors (Lipinski definition) is 1. The highest BCUT2D eigenvalue weighted by molar-refractivity contribution is 7.89. The fourth-order valence-electron chi connectivity index (χ4n) is 3.18. The fourth-order valence-corrected chi connectivity index (χ4v) is 5.03. The van der Waals surface area contributed by atoms with Crippen molar-refractivity contribution >= 4 is 10.0 Å². The van der Waals surface area contributed by atoms with Gasteiger partial charge in [0.1, 0.15) is 22.2 Å². The van der Waals surface area contributed by atoms with Gasteiger partial charge in [0.25, 0.3) is 0 Å². The highest BCUT2D eigenvalue weighted by atomic mass is 32.2. The van der Waals surface area contributed by atoms with E-state index in [0.717, 1.165) is 11.4 Å². The van der Waals surface area contributed by atoms with Crippen LogP contribution in [-0.2, 0) is 14.8 Å². The van der Waals surface area contributed by atoms with E-state index in [0.29, 0.717) is 30.3 Å². The molecule has 0 unspecified atom stereocenters. The van der Waals surface area contributed by atoms with Gasteiger partial charge >= 0.3 is 0 Å². The fraction of sp³-hybridized carbons (Fsp3) is 0.562. The number of nitrogens with zero attached hydrogens (tertiary/aromatic N) is 2. The van der Waals surface area contributed by atoms with Gasteiger partial charge in [-0.25, -0.2) is 13.4 Å². The summed E-state index contributed by atoms with van der Waals surface area (Å²) >= 11 is 0. The lowest BCUT2D eigenvalue weighted by molar-refractivity contribution is 0.114. The number of sulfonamides is 1. The molecule has 1 saturated heterocycles. The molecule has 8 heteroatoms. The first kappa shape index (κ1) is 17.2. The number of nitrogens with one attached hydrogen (secondary N) is 1. The number of methoxy groups -OCH3 is 1. The Hall–Kier alpha value is -1.64. The van der Waals surface area contributed by atoms with Gasteiger partial charge in [-0.1, -0.05) is 0 Å². The minimum Gasteiger partial charge on any atom is -0.465 e. The zero-order valence-corrected chi connectivity index (χ0v) is 15.4. The summed E-state index contributed by atoms with van der Waals surface area (Å²) in [6.45, 7) is 7.54. The lowest BCUT2D eigenvalue weighted by Crippen LogP contribution is -2.32. The SMILES string of the molecule is CO[C@@H]1C[C@@H](c2nc(C)c(C)[nH]2)N(S(=O)(=O)c2cc(C)oc2C)C1. The number of furan rings is 1. The van der Waals surface area contributed by atoms with Crippen molar-refractivity contribution in [1.82, 2.24) is 14.3 Å². The van der Waals surface area contributed by atoms with Gasteiger partial charge in [0.05, 0.1) is 17.8 Å². The van der Waals surface area contributed by atoms with Crippen molar-refractivity contribution in [1.29, 1.82) is 0 Å². The summed E-state index contributed by atoms with van der Waals surface area (Å²) < 4.78 is 38.7. The third-order valence-electron chi connectivity index (χ3n) is 4.59. The normalized spacial score (nSPS) is 22.4. The Bertz CT molecular complexity index is 833. The third-order valence-corrected chi connectivity index (χ3v) is 6.58. The molecule has 1 N–H and O–H groups in total. The second-order valence-corrected chi connectivity index (χ2v) is 8.15. The van der Waals surface area contributed by atoms with Gasteiger partial charge in [0.15, 0.2) is 0 Å². The van der Waals surface area contributed by atoms with E-state index in [-0.39, 0.29) is 17.0 Å². The van der Waals surface area contributed by atoms with Gasteiger partial charge < -0.3 is 14.1 Å². The molecule has 24 heavy (non-hydrogen) atoms. The number of H-pyrrole nitrogens is 1. The molecule has 0 saturated carbocycles. The summed E-state index contributed by atoms with van der Waals surface area (Å²) in [6.07, 6.45) is 0.404. The van der Waals surface area contributed by atoms with Crippen molar-refractivity contribution in [3.63, 3.8) is 0 Å². The molecule has 3 heterocycles. The topological polar surface area (TPSA) is 88.4 Å². The molecular formula is C16H23N3O4S. The Morgan fingerprint density at radius 3 is 2.54 bits per heavy atom.